The van der Waals surface area contributed by atoms with Crippen LogP contribution >= 0.6 is 47.8 Å². The van der Waals surface area contributed by atoms with Crippen LogP contribution in [0.3, 0.4) is 0 Å². The summed E-state index contributed by atoms with van der Waals surface area (Å²) in [5.74, 6) is 0. The van der Waals surface area contributed by atoms with Gasteiger partial charge in [0.1, 0.15) is 0 Å². The van der Waals surface area contributed by atoms with Crippen LogP contribution in [0.1, 0.15) is 29.6 Å². The summed E-state index contributed by atoms with van der Waals surface area (Å²) in [4.78, 5) is 7.24. The largest absolute Gasteiger partial charge is 0.330 e. The van der Waals surface area contributed by atoms with Gasteiger partial charge in [0.2, 0.25) is 0 Å². The van der Waals surface area contributed by atoms with E-state index in [9.17, 15) is 0 Å². The Morgan fingerprint density at radius 1 is 1.29 bits per heavy atom. The molecule has 1 saturated heterocycles. The third kappa shape index (κ3) is 5.58. The summed E-state index contributed by atoms with van der Waals surface area (Å²) in [6.07, 6.45) is 2.06. The van der Waals surface area contributed by atoms with Crippen molar-refractivity contribution in [3.63, 3.8) is 0 Å². The lowest BCUT2D eigenvalue weighted by Gasteiger charge is -2.22. The molecule has 24 heavy (non-hydrogen) atoms. The second-order valence-corrected chi connectivity index (χ2v) is 7.89. The van der Waals surface area contributed by atoms with Crippen LogP contribution in [0.25, 0.3) is 0 Å². The SMILES string of the molecule is CC1(CN)CCN(Cc2csc(Cc3ccc(Cl)cc3)n2)C1.Cl.Cl. The third-order valence-electron chi connectivity index (χ3n) is 4.38. The van der Waals surface area contributed by atoms with Gasteiger partial charge in [0, 0.05) is 29.9 Å². The summed E-state index contributed by atoms with van der Waals surface area (Å²) in [5.41, 5.74) is 8.58. The van der Waals surface area contributed by atoms with E-state index in [1.807, 2.05) is 12.1 Å². The fraction of sp³-hybridized carbons (Fsp3) is 0.471. The van der Waals surface area contributed by atoms with E-state index in [2.05, 4.69) is 29.3 Å². The highest BCUT2D eigenvalue weighted by atomic mass is 35.5. The zero-order valence-electron chi connectivity index (χ0n) is 13.7. The Balaban J connectivity index is 0.00000144. The van der Waals surface area contributed by atoms with Gasteiger partial charge < -0.3 is 5.73 Å². The van der Waals surface area contributed by atoms with Crippen molar-refractivity contribution in [1.29, 1.82) is 0 Å². The number of benzene rings is 1. The minimum absolute atomic E-state index is 0. The number of thiazole rings is 1. The molecule has 0 spiro atoms. The average molecular weight is 409 g/mol. The summed E-state index contributed by atoms with van der Waals surface area (Å²) in [7, 11) is 0. The molecule has 1 aliphatic rings. The molecule has 0 saturated carbocycles. The topological polar surface area (TPSA) is 42.1 Å². The fourth-order valence-corrected chi connectivity index (χ4v) is 3.88. The second-order valence-electron chi connectivity index (χ2n) is 6.51. The summed E-state index contributed by atoms with van der Waals surface area (Å²) in [6.45, 7) is 6.18. The zero-order valence-corrected chi connectivity index (χ0v) is 16.9. The van der Waals surface area contributed by atoms with Crippen LogP contribution < -0.4 is 5.73 Å². The predicted molar refractivity (Wildman–Crippen MR) is 108 cm³/mol. The van der Waals surface area contributed by atoms with Crippen LogP contribution in [0.2, 0.25) is 5.02 Å². The molecule has 2 heterocycles. The number of likely N-dealkylation sites (tertiary alicyclic amines) is 1. The summed E-state index contributed by atoms with van der Waals surface area (Å²) in [6, 6.07) is 8.00. The molecule has 0 bridgehead atoms. The van der Waals surface area contributed by atoms with Gasteiger partial charge in [0.15, 0.2) is 0 Å². The standard InChI is InChI=1S/C17H22ClN3S.2ClH/c1-17(11-19)6-7-21(12-17)9-15-10-22-16(20-15)8-13-2-4-14(18)5-3-13;;/h2-5,10H,6-9,11-12,19H2,1H3;2*1H. The van der Waals surface area contributed by atoms with Gasteiger partial charge in [-0.25, -0.2) is 4.98 Å². The molecule has 1 unspecified atom stereocenters. The molecule has 1 fully saturated rings. The Bertz CT molecular complexity index is 632. The quantitative estimate of drug-likeness (QED) is 0.797. The van der Waals surface area contributed by atoms with E-state index in [1.54, 1.807) is 11.3 Å². The van der Waals surface area contributed by atoms with Gasteiger partial charge in [0.05, 0.1) is 10.7 Å². The highest BCUT2D eigenvalue weighted by molar-refractivity contribution is 7.09. The van der Waals surface area contributed by atoms with E-state index in [0.29, 0.717) is 0 Å². The Kier molecular flexibility index (Phi) is 8.46. The van der Waals surface area contributed by atoms with Crippen LogP contribution in [0.15, 0.2) is 29.6 Å². The molecule has 2 N–H and O–H groups in total. The highest BCUT2D eigenvalue weighted by Crippen LogP contribution is 2.29. The van der Waals surface area contributed by atoms with E-state index in [1.165, 1.54) is 17.7 Å². The molecule has 134 valence electrons. The van der Waals surface area contributed by atoms with Crippen LogP contribution in [0.5, 0.6) is 0 Å². The fourth-order valence-electron chi connectivity index (χ4n) is 2.94. The van der Waals surface area contributed by atoms with Crippen molar-refractivity contribution >= 4 is 47.8 Å². The van der Waals surface area contributed by atoms with Crippen molar-refractivity contribution in [2.24, 2.45) is 11.1 Å². The van der Waals surface area contributed by atoms with E-state index in [4.69, 9.17) is 22.3 Å². The highest BCUT2D eigenvalue weighted by Gasteiger charge is 2.32. The minimum atomic E-state index is 0. The maximum Gasteiger partial charge on any atom is 0.0972 e. The van der Waals surface area contributed by atoms with Crippen molar-refractivity contribution in [2.45, 2.75) is 26.3 Å². The molecule has 1 aromatic carbocycles. The molecular weight excluding hydrogens is 385 g/mol. The van der Waals surface area contributed by atoms with Gasteiger partial charge in [-0.3, -0.25) is 4.90 Å². The van der Waals surface area contributed by atoms with E-state index >= 15 is 0 Å². The number of nitrogens with two attached hydrogens (primary N) is 1. The van der Waals surface area contributed by atoms with Crippen LogP contribution in [-0.4, -0.2) is 29.5 Å². The maximum atomic E-state index is 5.92. The Morgan fingerprint density at radius 2 is 2.00 bits per heavy atom. The molecule has 0 amide bonds. The first-order valence-corrected chi connectivity index (χ1v) is 8.92. The van der Waals surface area contributed by atoms with Crippen LogP contribution in [0, 0.1) is 5.41 Å². The number of aromatic nitrogens is 1. The van der Waals surface area contributed by atoms with Gasteiger partial charge in [-0.15, -0.1) is 36.2 Å². The number of halogens is 3. The maximum absolute atomic E-state index is 5.92. The second kappa shape index (κ2) is 9.37. The van der Waals surface area contributed by atoms with Crippen LogP contribution in [0.4, 0.5) is 0 Å². The smallest absolute Gasteiger partial charge is 0.0972 e. The van der Waals surface area contributed by atoms with Crippen molar-refractivity contribution in [3.8, 4) is 0 Å². The lowest BCUT2D eigenvalue weighted by molar-refractivity contribution is 0.272. The van der Waals surface area contributed by atoms with Crippen LogP contribution in [-0.2, 0) is 13.0 Å². The molecule has 3 rings (SSSR count). The first-order chi connectivity index (χ1) is 10.6. The number of hydrogen-bond acceptors (Lipinski definition) is 4. The molecular formula is C17H24Cl3N3S. The monoisotopic (exact) mass is 407 g/mol. The van der Waals surface area contributed by atoms with Crippen molar-refractivity contribution in [2.75, 3.05) is 19.6 Å². The normalized spacial score (nSPS) is 20.5. The molecule has 0 aliphatic carbocycles. The molecule has 1 aliphatic heterocycles. The molecule has 7 heteroatoms. The minimum Gasteiger partial charge on any atom is -0.330 e. The van der Waals surface area contributed by atoms with Gasteiger partial charge in [-0.05, 0) is 42.6 Å². The number of nitrogens with zero attached hydrogens (tertiary/aromatic N) is 2. The third-order valence-corrected chi connectivity index (χ3v) is 5.53. The molecule has 3 nitrogen and oxygen atoms in total. The van der Waals surface area contributed by atoms with Gasteiger partial charge in [-0.2, -0.15) is 0 Å². The Hall–Kier alpha value is -0.360. The first-order valence-electron chi connectivity index (χ1n) is 7.66. The molecule has 0 radical (unpaired) electrons. The molecule has 1 atom stereocenters. The van der Waals surface area contributed by atoms with Gasteiger partial charge in [-0.1, -0.05) is 30.7 Å². The van der Waals surface area contributed by atoms with Crippen molar-refractivity contribution < 1.29 is 0 Å². The van der Waals surface area contributed by atoms with Crippen molar-refractivity contribution in [3.05, 3.63) is 50.9 Å². The van der Waals surface area contributed by atoms with Gasteiger partial charge >= 0.3 is 0 Å². The number of rotatable bonds is 5. The molecule has 2 aromatic rings. The van der Waals surface area contributed by atoms with Gasteiger partial charge in [0.25, 0.3) is 0 Å². The predicted octanol–water partition coefficient (Wildman–Crippen LogP) is 4.40. The lowest BCUT2D eigenvalue weighted by atomic mass is 9.90. The average Bonchev–Trinajstić information content (AvgIpc) is 3.10. The summed E-state index contributed by atoms with van der Waals surface area (Å²) < 4.78 is 0. The zero-order chi connectivity index (χ0) is 15.6. The number of hydrogen-bond donors (Lipinski definition) is 1. The summed E-state index contributed by atoms with van der Waals surface area (Å²) >= 11 is 7.66. The summed E-state index contributed by atoms with van der Waals surface area (Å²) in [5, 5.41) is 4.13. The van der Waals surface area contributed by atoms with E-state index in [0.717, 1.165) is 42.6 Å². The lowest BCUT2D eigenvalue weighted by Crippen LogP contribution is -2.31. The first kappa shape index (κ1) is 21.7. The van der Waals surface area contributed by atoms with Crippen molar-refractivity contribution in [1.82, 2.24) is 9.88 Å². The Labute approximate surface area is 165 Å². The van der Waals surface area contributed by atoms with E-state index < -0.39 is 0 Å². The Morgan fingerprint density at radius 3 is 2.62 bits per heavy atom. The van der Waals surface area contributed by atoms with E-state index in [-0.39, 0.29) is 30.2 Å². The molecule has 1 aromatic heterocycles.